The van der Waals surface area contributed by atoms with E-state index in [0.717, 1.165) is 22.4 Å². The van der Waals surface area contributed by atoms with Gasteiger partial charge in [0, 0.05) is 5.57 Å². The first-order valence-electron chi connectivity index (χ1n) is 7.22. The van der Waals surface area contributed by atoms with Crippen LogP contribution < -0.4 is 9.47 Å². The number of benzene rings is 2. The number of rotatable bonds is 2. The largest absolute Gasteiger partial charge is 0.497 e. The first-order chi connectivity index (χ1) is 10.6. The monoisotopic (exact) mass is 294 g/mol. The topological polar surface area (TPSA) is 35.5 Å². The Morgan fingerprint density at radius 1 is 1.18 bits per heavy atom. The van der Waals surface area contributed by atoms with E-state index in [9.17, 15) is 4.79 Å². The molecule has 0 amide bonds. The van der Waals surface area contributed by atoms with E-state index in [-0.39, 0.29) is 5.78 Å². The van der Waals surface area contributed by atoms with Gasteiger partial charge in [0.25, 0.3) is 0 Å². The Hall–Kier alpha value is -2.55. The van der Waals surface area contributed by atoms with E-state index in [2.05, 4.69) is 0 Å². The van der Waals surface area contributed by atoms with Crippen molar-refractivity contribution in [1.82, 2.24) is 0 Å². The number of fused-ring (bicyclic) bond motifs is 1. The number of aryl methyl sites for hydroxylation is 2. The Kier molecular flexibility index (Phi) is 3.72. The average Bonchev–Trinajstić information content (AvgIpc) is 2.49. The van der Waals surface area contributed by atoms with Gasteiger partial charge in [-0.3, -0.25) is 4.79 Å². The number of hydrogen-bond acceptors (Lipinski definition) is 3. The van der Waals surface area contributed by atoms with Crippen molar-refractivity contribution in [3.63, 3.8) is 0 Å². The van der Waals surface area contributed by atoms with Crippen molar-refractivity contribution >= 4 is 11.9 Å². The van der Waals surface area contributed by atoms with Crippen LogP contribution in [0.25, 0.3) is 6.08 Å². The van der Waals surface area contributed by atoms with Crippen LogP contribution in [-0.2, 0) is 0 Å². The van der Waals surface area contributed by atoms with E-state index in [1.54, 1.807) is 7.11 Å². The number of ketones is 1. The number of Topliss-reactive ketones (excluding diaryl/α,β-unsaturated/α-hetero) is 1. The SMILES string of the molecule is COc1cccc(C=C2COc3cc(C)cc(C)c3C2=O)c1. The molecule has 0 atom stereocenters. The molecule has 0 aromatic heterocycles. The molecule has 0 bridgehead atoms. The van der Waals surface area contributed by atoms with Crippen molar-refractivity contribution < 1.29 is 14.3 Å². The average molecular weight is 294 g/mol. The fourth-order valence-corrected chi connectivity index (χ4v) is 2.75. The maximum Gasteiger partial charge on any atom is 0.196 e. The summed E-state index contributed by atoms with van der Waals surface area (Å²) < 4.78 is 11.0. The number of carbonyl (C=O) groups excluding carboxylic acids is 1. The van der Waals surface area contributed by atoms with Gasteiger partial charge in [-0.05, 0) is 54.8 Å². The highest BCUT2D eigenvalue weighted by atomic mass is 16.5. The summed E-state index contributed by atoms with van der Waals surface area (Å²) in [5.41, 5.74) is 4.32. The van der Waals surface area contributed by atoms with Crippen molar-refractivity contribution in [2.45, 2.75) is 13.8 Å². The maximum atomic E-state index is 12.7. The molecule has 3 heteroatoms. The van der Waals surface area contributed by atoms with E-state index in [1.807, 2.05) is 56.3 Å². The predicted molar refractivity (Wildman–Crippen MR) is 86.7 cm³/mol. The van der Waals surface area contributed by atoms with Gasteiger partial charge in [-0.2, -0.15) is 0 Å². The normalized spacial score (nSPS) is 15.4. The third-order valence-electron chi connectivity index (χ3n) is 3.78. The molecule has 22 heavy (non-hydrogen) atoms. The Balaban J connectivity index is 2.00. The van der Waals surface area contributed by atoms with Crippen molar-refractivity contribution in [2.75, 3.05) is 13.7 Å². The van der Waals surface area contributed by atoms with Crippen LogP contribution >= 0.6 is 0 Å². The molecule has 2 aromatic rings. The van der Waals surface area contributed by atoms with Crippen molar-refractivity contribution in [3.05, 3.63) is 64.2 Å². The highest BCUT2D eigenvalue weighted by molar-refractivity contribution is 6.14. The van der Waals surface area contributed by atoms with Crippen molar-refractivity contribution in [2.24, 2.45) is 0 Å². The molecule has 0 saturated carbocycles. The van der Waals surface area contributed by atoms with E-state index in [1.165, 1.54) is 0 Å². The number of hydrogen-bond donors (Lipinski definition) is 0. The summed E-state index contributed by atoms with van der Waals surface area (Å²) in [7, 11) is 1.63. The Bertz CT molecular complexity index is 772. The summed E-state index contributed by atoms with van der Waals surface area (Å²) in [6, 6.07) is 11.6. The van der Waals surface area contributed by atoms with Gasteiger partial charge >= 0.3 is 0 Å². The van der Waals surface area contributed by atoms with Crippen LogP contribution in [0.4, 0.5) is 0 Å². The number of carbonyl (C=O) groups is 1. The van der Waals surface area contributed by atoms with Gasteiger partial charge in [-0.1, -0.05) is 18.2 Å². The van der Waals surface area contributed by atoms with Crippen LogP contribution in [0.5, 0.6) is 11.5 Å². The second-order valence-electron chi connectivity index (χ2n) is 5.52. The zero-order chi connectivity index (χ0) is 15.7. The second-order valence-corrected chi connectivity index (χ2v) is 5.52. The zero-order valence-electron chi connectivity index (χ0n) is 13.0. The molecule has 3 nitrogen and oxygen atoms in total. The van der Waals surface area contributed by atoms with Crippen LogP contribution in [0.2, 0.25) is 0 Å². The molecule has 1 aliphatic rings. The quantitative estimate of drug-likeness (QED) is 0.786. The molecule has 0 aliphatic carbocycles. The molecule has 3 rings (SSSR count). The standard InChI is InChI=1S/C19H18O3/c1-12-7-13(2)18-17(8-12)22-11-15(19(18)20)9-14-5-4-6-16(10-14)21-3/h4-10H,11H2,1-3H3. The smallest absolute Gasteiger partial charge is 0.196 e. The van der Waals surface area contributed by atoms with Crippen LogP contribution in [0, 0.1) is 13.8 Å². The fourth-order valence-electron chi connectivity index (χ4n) is 2.75. The predicted octanol–water partition coefficient (Wildman–Crippen LogP) is 3.97. The first kappa shape index (κ1) is 14.4. The molecule has 0 N–H and O–H groups in total. The molecule has 0 spiro atoms. The van der Waals surface area contributed by atoms with Gasteiger partial charge in [-0.25, -0.2) is 0 Å². The first-order valence-corrected chi connectivity index (χ1v) is 7.22. The maximum absolute atomic E-state index is 12.7. The highest BCUT2D eigenvalue weighted by Crippen LogP contribution is 2.32. The Labute approximate surface area is 130 Å². The molecule has 1 heterocycles. The summed E-state index contributed by atoms with van der Waals surface area (Å²) in [6.45, 7) is 4.25. The van der Waals surface area contributed by atoms with Gasteiger partial charge in [0.15, 0.2) is 5.78 Å². The van der Waals surface area contributed by atoms with Gasteiger partial charge in [0.1, 0.15) is 18.1 Å². The van der Waals surface area contributed by atoms with Crippen LogP contribution in [-0.4, -0.2) is 19.5 Å². The van der Waals surface area contributed by atoms with Crippen molar-refractivity contribution in [1.29, 1.82) is 0 Å². The summed E-state index contributed by atoms with van der Waals surface area (Å²) in [4.78, 5) is 12.7. The lowest BCUT2D eigenvalue weighted by atomic mass is 9.93. The molecule has 0 fully saturated rings. The molecular formula is C19H18O3. The summed E-state index contributed by atoms with van der Waals surface area (Å²) >= 11 is 0. The third-order valence-corrected chi connectivity index (χ3v) is 3.78. The van der Waals surface area contributed by atoms with E-state index >= 15 is 0 Å². The Morgan fingerprint density at radius 3 is 2.77 bits per heavy atom. The van der Waals surface area contributed by atoms with Gasteiger partial charge < -0.3 is 9.47 Å². The third kappa shape index (κ3) is 2.62. The van der Waals surface area contributed by atoms with Crippen LogP contribution in [0.15, 0.2) is 42.0 Å². The minimum Gasteiger partial charge on any atom is -0.497 e. The molecular weight excluding hydrogens is 276 g/mol. The van der Waals surface area contributed by atoms with Gasteiger partial charge in [-0.15, -0.1) is 0 Å². The van der Waals surface area contributed by atoms with Crippen LogP contribution in [0.1, 0.15) is 27.0 Å². The van der Waals surface area contributed by atoms with E-state index < -0.39 is 0 Å². The lowest BCUT2D eigenvalue weighted by Crippen LogP contribution is -2.20. The van der Waals surface area contributed by atoms with Gasteiger partial charge in [0.05, 0.1) is 12.7 Å². The second kappa shape index (κ2) is 5.68. The Morgan fingerprint density at radius 2 is 2.00 bits per heavy atom. The van der Waals surface area contributed by atoms with Gasteiger partial charge in [0.2, 0.25) is 0 Å². The van der Waals surface area contributed by atoms with Crippen molar-refractivity contribution in [3.8, 4) is 11.5 Å². The summed E-state index contributed by atoms with van der Waals surface area (Å²) in [5, 5.41) is 0. The molecule has 2 aromatic carbocycles. The zero-order valence-corrected chi connectivity index (χ0v) is 13.0. The lowest BCUT2D eigenvalue weighted by Gasteiger charge is -2.21. The minimum absolute atomic E-state index is 0.0431. The molecule has 0 unspecified atom stereocenters. The summed E-state index contributed by atoms with van der Waals surface area (Å²) in [6.07, 6.45) is 1.87. The fraction of sp³-hybridized carbons (Fsp3) is 0.211. The highest BCUT2D eigenvalue weighted by Gasteiger charge is 2.25. The molecule has 0 saturated heterocycles. The molecule has 112 valence electrons. The van der Waals surface area contributed by atoms with Crippen LogP contribution in [0.3, 0.4) is 0 Å². The van der Waals surface area contributed by atoms with E-state index in [0.29, 0.717) is 23.5 Å². The summed E-state index contributed by atoms with van der Waals surface area (Å²) in [5.74, 6) is 1.50. The molecule has 1 aliphatic heterocycles. The molecule has 0 radical (unpaired) electrons. The number of ether oxygens (including phenoxy) is 2. The minimum atomic E-state index is 0.0431. The number of methoxy groups -OCH3 is 1. The lowest BCUT2D eigenvalue weighted by molar-refractivity contribution is 0.1000. The van der Waals surface area contributed by atoms with E-state index in [4.69, 9.17) is 9.47 Å².